The Labute approximate surface area is 152 Å². The van der Waals surface area contributed by atoms with Crippen LogP contribution in [0.2, 0.25) is 0 Å². The number of para-hydroxylation sites is 1. The monoisotopic (exact) mass is 349 g/mol. The van der Waals surface area contributed by atoms with Gasteiger partial charge >= 0.3 is 0 Å². The van der Waals surface area contributed by atoms with Gasteiger partial charge in [0, 0.05) is 55.6 Å². The Kier molecular flexibility index (Phi) is 4.11. The highest BCUT2D eigenvalue weighted by Gasteiger charge is 2.31. The molecular formula is C20H23N5O. The lowest BCUT2D eigenvalue weighted by atomic mass is 10.0. The summed E-state index contributed by atoms with van der Waals surface area (Å²) < 4.78 is 0. The third kappa shape index (κ3) is 2.92. The van der Waals surface area contributed by atoms with Crippen molar-refractivity contribution in [3.8, 4) is 0 Å². The van der Waals surface area contributed by atoms with Crippen LogP contribution >= 0.6 is 0 Å². The molecule has 3 aromatic rings. The number of nitrogens with one attached hydrogen (secondary N) is 1. The van der Waals surface area contributed by atoms with Crippen LogP contribution in [0, 0.1) is 6.92 Å². The number of rotatable bonds is 3. The zero-order valence-corrected chi connectivity index (χ0v) is 15.4. The maximum absolute atomic E-state index is 13.0. The van der Waals surface area contributed by atoms with Gasteiger partial charge in [0.15, 0.2) is 5.69 Å². The molecule has 6 heteroatoms. The lowest BCUT2D eigenvalue weighted by Gasteiger charge is -2.18. The molecule has 26 heavy (non-hydrogen) atoms. The predicted octanol–water partition coefficient (Wildman–Crippen LogP) is 2.96. The summed E-state index contributed by atoms with van der Waals surface area (Å²) in [6.07, 6.45) is 0.928. The second-order valence-corrected chi connectivity index (χ2v) is 7.14. The molecule has 4 rings (SSSR count). The first kappa shape index (κ1) is 16.6. The number of pyridine rings is 1. The van der Waals surface area contributed by atoms with Gasteiger partial charge in [-0.05, 0) is 31.5 Å². The molecule has 0 radical (unpaired) electrons. The fourth-order valence-electron chi connectivity index (χ4n) is 3.61. The standard InChI is InChI=1S/C20H23N5O/c1-13-10-15(24(2)3)11-18(21-13)14-8-9-25(12-14)20(26)19-16-6-4-5-7-17(16)22-23-19/h4-7,10-11,14H,8-9,12H2,1-3H3,(H,22,23)/t14-/m1/s1. The van der Waals surface area contributed by atoms with Gasteiger partial charge in [-0.1, -0.05) is 18.2 Å². The van der Waals surface area contributed by atoms with E-state index in [-0.39, 0.29) is 11.8 Å². The van der Waals surface area contributed by atoms with Crippen LogP contribution in [0.3, 0.4) is 0 Å². The van der Waals surface area contributed by atoms with Crippen LogP contribution in [0.5, 0.6) is 0 Å². The Morgan fingerprint density at radius 3 is 2.88 bits per heavy atom. The lowest BCUT2D eigenvalue weighted by Crippen LogP contribution is -2.29. The Morgan fingerprint density at radius 2 is 2.08 bits per heavy atom. The van der Waals surface area contributed by atoms with Crippen molar-refractivity contribution in [2.24, 2.45) is 0 Å². The van der Waals surface area contributed by atoms with Crippen LogP contribution in [0.4, 0.5) is 5.69 Å². The molecule has 2 aromatic heterocycles. The number of hydrogen-bond donors (Lipinski definition) is 1. The van der Waals surface area contributed by atoms with Gasteiger partial charge in [0.25, 0.3) is 5.91 Å². The quantitative estimate of drug-likeness (QED) is 0.789. The van der Waals surface area contributed by atoms with Crippen molar-refractivity contribution in [2.75, 3.05) is 32.1 Å². The molecule has 1 aliphatic heterocycles. The van der Waals surface area contributed by atoms with E-state index in [2.05, 4.69) is 27.2 Å². The fourth-order valence-corrected chi connectivity index (χ4v) is 3.61. The van der Waals surface area contributed by atoms with Gasteiger partial charge in [-0.25, -0.2) is 0 Å². The summed E-state index contributed by atoms with van der Waals surface area (Å²) in [5.74, 6) is 0.258. The number of aromatic nitrogens is 3. The first-order chi connectivity index (χ1) is 12.5. The van der Waals surface area contributed by atoms with Crippen LogP contribution in [0.1, 0.15) is 34.2 Å². The maximum Gasteiger partial charge on any atom is 0.275 e. The molecule has 0 spiro atoms. The summed E-state index contributed by atoms with van der Waals surface area (Å²) in [6, 6.07) is 12.0. The molecule has 6 nitrogen and oxygen atoms in total. The van der Waals surface area contributed by atoms with E-state index < -0.39 is 0 Å². The Bertz CT molecular complexity index is 962. The average Bonchev–Trinajstić information content (AvgIpc) is 3.28. The molecule has 1 amide bonds. The number of benzene rings is 1. The minimum Gasteiger partial charge on any atom is -0.378 e. The van der Waals surface area contributed by atoms with Gasteiger partial charge in [0.05, 0.1) is 5.52 Å². The summed E-state index contributed by atoms with van der Waals surface area (Å²) >= 11 is 0. The number of carbonyl (C=O) groups is 1. The van der Waals surface area contributed by atoms with Crippen LogP contribution in [-0.2, 0) is 0 Å². The van der Waals surface area contributed by atoms with Crippen molar-refractivity contribution >= 4 is 22.5 Å². The van der Waals surface area contributed by atoms with Crippen LogP contribution in [0.25, 0.3) is 10.9 Å². The molecule has 3 heterocycles. The summed E-state index contributed by atoms with van der Waals surface area (Å²) in [7, 11) is 4.07. The molecule has 1 atom stereocenters. The third-order valence-electron chi connectivity index (χ3n) is 5.04. The van der Waals surface area contributed by atoms with Crippen molar-refractivity contribution < 1.29 is 4.79 Å². The molecule has 1 saturated heterocycles. The molecule has 134 valence electrons. The first-order valence-corrected chi connectivity index (χ1v) is 8.91. The number of aromatic amines is 1. The number of fused-ring (bicyclic) bond motifs is 1. The van der Waals surface area contributed by atoms with E-state index in [9.17, 15) is 4.79 Å². The van der Waals surface area contributed by atoms with Gasteiger partial charge < -0.3 is 9.80 Å². The Balaban J connectivity index is 1.56. The largest absolute Gasteiger partial charge is 0.378 e. The number of amides is 1. The average molecular weight is 349 g/mol. The fraction of sp³-hybridized carbons (Fsp3) is 0.350. The number of carbonyl (C=O) groups excluding carboxylic acids is 1. The summed E-state index contributed by atoms with van der Waals surface area (Å²) in [6.45, 7) is 3.44. The number of anilines is 1. The van der Waals surface area contributed by atoms with Crippen molar-refractivity contribution in [3.05, 3.63) is 53.5 Å². The van der Waals surface area contributed by atoms with Gasteiger partial charge in [-0.15, -0.1) is 0 Å². The number of nitrogens with zero attached hydrogens (tertiary/aromatic N) is 4. The summed E-state index contributed by atoms with van der Waals surface area (Å²) in [5.41, 5.74) is 4.62. The van der Waals surface area contributed by atoms with E-state index >= 15 is 0 Å². The van der Waals surface area contributed by atoms with E-state index in [1.165, 1.54) is 0 Å². The van der Waals surface area contributed by atoms with Gasteiger partial charge in [-0.3, -0.25) is 14.9 Å². The molecule has 0 aliphatic carbocycles. The van der Waals surface area contributed by atoms with Crippen molar-refractivity contribution in [1.29, 1.82) is 0 Å². The summed E-state index contributed by atoms with van der Waals surface area (Å²) in [4.78, 5) is 21.7. The lowest BCUT2D eigenvalue weighted by molar-refractivity contribution is 0.0786. The smallest absolute Gasteiger partial charge is 0.275 e. The molecular weight excluding hydrogens is 326 g/mol. The molecule has 1 N–H and O–H groups in total. The van der Waals surface area contributed by atoms with E-state index in [1.807, 2.05) is 50.2 Å². The molecule has 1 aliphatic rings. The number of H-pyrrole nitrogens is 1. The second kappa shape index (κ2) is 6.44. The van der Waals surface area contributed by atoms with E-state index in [0.29, 0.717) is 12.2 Å². The molecule has 1 aromatic carbocycles. The molecule has 1 fully saturated rings. The van der Waals surface area contributed by atoms with Gasteiger partial charge in [0.2, 0.25) is 0 Å². The minimum atomic E-state index is -0.00886. The minimum absolute atomic E-state index is 0.00886. The Hall–Kier alpha value is -2.89. The second-order valence-electron chi connectivity index (χ2n) is 7.14. The van der Waals surface area contributed by atoms with E-state index in [4.69, 9.17) is 4.98 Å². The zero-order chi connectivity index (χ0) is 18.3. The number of aryl methyl sites for hydroxylation is 1. The summed E-state index contributed by atoms with van der Waals surface area (Å²) in [5, 5.41) is 8.08. The van der Waals surface area contributed by atoms with Crippen molar-refractivity contribution in [3.63, 3.8) is 0 Å². The predicted molar refractivity (Wildman–Crippen MR) is 103 cm³/mol. The van der Waals surface area contributed by atoms with Crippen LogP contribution < -0.4 is 4.90 Å². The van der Waals surface area contributed by atoms with Crippen LogP contribution in [0.15, 0.2) is 36.4 Å². The maximum atomic E-state index is 13.0. The first-order valence-electron chi connectivity index (χ1n) is 8.91. The van der Waals surface area contributed by atoms with E-state index in [1.54, 1.807) is 0 Å². The SMILES string of the molecule is Cc1cc(N(C)C)cc([C@@H]2CCN(C(=O)c3n[nH]c4ccccc34)C2)n1. The number of likely N-dealkylation sites (tertiary alicyclic amines) is 1. The molecule has 0 bridgehead atoms. The highest BCUT2D eigenvalue weighted by molar-refractivity contribution is 6.04. The number of hydrogen-bond acceptors (Lipinski definition) is 4. The molecule has 0 unspecified atom stereocenters. The highest BCUT2D eigenvalue weighted by atomic mass is 16.2. The van der Waals surface area contributed by atoms with Gasteiger partial charge in [0.1, 0.15) is 0 Å². The van der Waals surface area contributed by atoms with Gasteiger partial charge in [-0.2, -0.15) is 5.10 Å². The molecule has 0 saturated carbocycles. The normalized spacial score (nSPS) is 17.0. The van der Waals surface area contributed by atoms with E-state index in [0.717, 1.165) is 40.9 Å². The van der Waals surface area contributed by atoms with Crippen molar-refractivity contribution in [2.45, 2.75) is 19.3 Å². The zero-order valence-electron chi connectivity index (χ0n) is 15.4. The third-order valence-corrected chi connectivity index (χ3v) is 5.04. The topological polar surface area (TPSA) is 65.1 Å². The van der Waals surface area contributed by atoms with Crippen molar-refractivity contribution in [1.82, 2.24) is 20.1 Å². The highest BCUT2D eigenvalue weighted by Crippen LogP contribution is 2.30. The van der Waals surface area contributed by atoms with Crippen LogP contribution in [-0.4, -0.2) is 53.2 Å². The Morgan fingerprint density at radius 1 is 1.27 bits per heavy atom.